The number of likely N-dealkylation sites (N-methyl/N-ethyl adjacent to an activating group) is 1. The van der Waals surface area contributed by atoms with E-state index in [-0.39, 0.29) is 18.2 Å². The van der Waals surface area contributed by atoms with Gasteiger partial charge < -0.3 is 10.2 Å². The predicted octanol–water partition coefficient (Wildman–Crippen LogP) is 1.10. The van der Waals surface area contributed by atoms with Gasteiger partial charge in [-0.15, -0.1) is 0 Å². The highest BCUT2D eigenvalue weighted by Crippen LogP contribution is 2.32. The van der Waals surface area contributed by atoms with Crippen molar-refractivity contribution in [3.05, 3.63) is 27.1 Å². The van der Waals surface area contributed by atoms with Crippen LogP contribution in [0.4, 0.5) is 5.00 Å². The van der Waals surface area contributed by atoms with Crippen molar-refractivity contribution in [1.82, 2.24) is 4.90 Å². The molecule has 1 rings (SSSR count). The summed E-state index contributed by atoms with van der Waals surface area (Å²) in [7, 11) is 0. The zero-order valence-electron chi connectivity index (χ0n) is 9.78. The van der Waals surface area contributed by atoms with E-state index in [0.29, 0.717) is 11.4 Å². The summed E-state index contributed by atoms with van der Waals surface area (Å²) in [6.45, 7) is 2.25. The van der Waals surface area contributed by atoms with Gasteiger partial charge >= 0.3 is 11.0 Å². The Balaban J connectivity index is 3.02. The van der Waals surface area contributed by atoms with Crippen molar-refractivity contribution >= 4 is 22.3 Å². The number of nitro groups is 1. The molecule has 0 aromatic carbocycles. The highest BCUT2D eigenvalue weighted by Gasteiger charge is 2.29. The molecule has 7 nitrogen and oxygen atoms in total. The van der Waals surface area contributed by atoms with Gasteiger partial charge in [0.1, 0.15) is 6.04 Å². The Morgan fingerprint density at radius 1 is 1.61 bits per heavy atom. The van der Waals surface area contributed by atoms with E-state index in [1.54, 1.807) is 11.8 Å². The van der Waals surface area contributed by atoms with Crippen molar-refractivity contribution < 1.29 is 19.9 Å². The molecule has 0 spiro atoms. The van der Waals surface area contributed by atoms with Gasteiger partial charge in [-0.05, 0) is 12.6 Å². The molecule has 18 heavy (non-hydrogen) atoms. The number of carbonyl (C=O) groups is 1. The number of hydrogen-bond donors (Lipinski definition) is 2. The maximum absolute atomic E-state index is 11.3. The first kappa shape index (κ1) is 14.6. The zero-order valence-corrected chi connectivity index (χ0v) is 10.6. The smallest absolute Gasteiger partial charge is 0.326 e. The Labute approximate surface area is 107 Å². The SMILES string of the molecule is CCN(CCO)C(C(=O)O)c1ccc([N+](=O)[O-])s1. The lowest BCUT2D eigenvalue weighted by atomic mass is 10.2. The Morgan fingerprint density at radius 2 is 2.28 bits per heavy atom. The van der Waals surface area contributed by atoms with E-state index in [4.69, 9.17) is 5.11 Å². The molecular weight excluding hydrogens is 260 g/mol. The molecule has 0 radical (unpaired) electrons. The van der Waals surface area contributed by atoms with E-state index in [2.05, 4.69) is 0 Å². The van der Waals surface area contributed by atoms with Gasteiger partial charge in [0.25, 0.3) is 0 Å². The molecule has 0 bridgehead atoms. The third kappa shape index (κ3) is 3.25. The summed E-state index contributed by atoms with van der Waals surface area (Å²) in [4.78, 5) is 23.3. The second-order valence-corrected chi connectivity index (χ2v) is 4.62. The van der Waals surface area contributed by atoms with Crippen molar-refractivity contribution in [3.8, 4) is 0 Å². The second-order valence-electron chi connectivity index (χ2n) is 3.53. The van der Waals surface area contributed by atoms with E-state index in [1.807, 2.05) is 0 Å². The number of aliphatic carboxylic acids is 1. The van der Waals surface area contributed by atoms with Crippen LogP contribution in [0.25, 0.3) is 0 Å². The van der Waals surface area contributed by atoms with Gasteiger partial charge in [-0.1, -0.05) is 18.3 Å². The summed E-state index contributed by atoms with van der Waals surface area (Å²) in [5.74, 6) is -1.08. The molecular formula is C10H14N2O5S. The fourth-order valence-corrected chi connectivity index (χ4v) is 2.59. The number of carboxylic acid groups (broad SMARTS) is 1. The topological polar surface area (TPSA) is 104 Å². The van der Waals surface area contributed by atoms with Crippen LogP contribution in [-0.2, 0) is 4.79 Å². The van der Waals surface area contributed by atoms with Crippen LogP contribution in [-0.4, -0.2) is 45.7 Å². The Kier molecular flexibility index (Phi) is 5.20. The fraction of sp³-hybridized carbons (Fsp3) is 0.500. The van der Waals surface area contributed by atoms with E-state index < -0.39 is 16.9 Å². The van der Waals surface area contributed by atoms with Gasteiger partial charge in [0.15, 0.2) is 0 Å². The Hall–Kier alpha value is -1.51. The van der Waals surface area contributed by atoms with Crippen LogP contribution in [0.2, 0.25) is 0 Å². The fourth-order valence-electron chi connectivity index (χ4n) is 1.64. The highest BCUT2D eigenvalue weighted by atomic mass is 32.1. The molecule has 1 unspecified atom stereocenters. The summed E-state index contributed by atoms with van der Waals surface area (Å²) < 4.78 is 0. The summed E-state index contributed by atoms with van der Waals surface area (Å²) >= 11 is 0.844. The number of thiophene rings is 1. The average Bonchev–Trinajstić information content (AvgIpc) is 2.77. The summed E-state index contributed by atoms with van der Waals surface area (Å²) in [5.41, 5.74) is 0. The monoisotopic (exact) mass is 274 g/mol. The maximum atomic E-state index is 11.3. The van der Waals surface area contributed by atoms with Gasteiger partial charge in [0.05, 0.1) is 11.5 Å². The molecule has 100 valence electrons. The maximum Gasteiger partial charge on any atom is 0.326 e. The minimum atomic E-state index is -1.08. The van der Waals surface area contributed by atoms with E-state index in [0.717, 1.165) is 11.3 Å². The van der Waals surface area contributed by atoms with Gasteiger partial charge in [-0.2, -0.15) is 0 Å². The number of aliphatic hydroxyl groups excluding tert-OH is 1. The lowest BCUT2D eigenvalue weighted by Gasteiger charge is -2.25. The molecule has 1 atom stereocenters. The molecule has 0 saturated carbocycles. The Bertz CT molecular complexity index is 434. The van der Waals surface area contributed by atoms with Crippen molar-refractivity contribution in [2.45, 2.75) is 13.0 Å². The molecule has 8 heteroatoms. The van der Waals surface area contributed by atoms with Gasteiger partial charge in [0.2, 0.25) is 0 Å². The Morgan fingerprint density at radius 3 is 2.67 bits per heavy atom. The standard InChI is InChI=1S/C10H14N2O5S/c1-2-11(5-6-13)9(10(14)15)7-3-4-8(18-7)12(16)17/h3-4,9,13H,2,5-6H2,1H3,(H,14,15). The number of aliphatic hydroxyl groups is 1. The van der Waals surface area contributed by atoms with Gasteiger partial charge in [-0.3, -0.25) is 19.8 Å². The van der Waals surface area contributed by atoms with Crippen LogP contribution < -0.4 is 0 Å². The predicted molar refractivity (Wildman–Crippen MR) is 65.7 cm³/mol. The minimum Gasteiger partial charge on any atom is -0.480 e. The van der Waals surface area contributed by atoms with Crippen LogP contribution in [0, 0.1) is 10.1 Å². The van der Waals surface area contributed by atoms with Gasteiger partial charge in [0, 0.05) is 17.5 Å². The number of carboxylic acids is 1. The minimum absolute atomic E-state index is 0.0868. The second kappa shape index (κ2) is 6.43. The van der Waals surface area contributed by atoms with Crippen molar-refractivity contribution in [1.29, 1.82) is 0 Å². The first-order valence-corrected chi connectivity index (χ1v) is 6.14. The lowest BCUT2D eigenvalue weighted by Crippen LogP contribution is -2.35. The molecule has 2 N–H and O–H groups in total. The molecule has 0 fully saturated rings. The summed E-state index contributed by atoms with van der Waals surface area (Å²) in [6.07, 6.45) is 0. The van der Waals surface area contributed by atoms with Crippen LogP contribution in [0.1, 0.15) is 17.8 Å². The third-order valence-electron chi connectivity index (χ3n) is 2.45. The van der Waals surface area contributed by atoms with Crippen LogP contribution in [0.15, 0.2) is 12.1 Å². The zero-order chi connectivity index (χ0) is 13.7. The molecule has 0 saturated heterocycles. The molecule has 0 aliphatic carbocycles. The van der Waals surface area contributed by atoms with E-state index in [9.17, 15) is 20.0 Å². The number of nitrogens with zero attached hydrogens (tertiary/aromatic N) is 2. The number of rotatable bonds is 7. The quantitative estimate of drug-likeness (QED) is 0.570. The lowest BCUT2D eigenvalue weighted by molar-refractivity contribution is -0.380. The van der Waals surface area contributed by atoms with Crippen molar-refractivity contribution in [3.63, 3.8) is 0 Å². The average molecular weight is 274 g/mol. The normalized spacial score (nSPS) is 12.6. The molecule has 0 aliphatic rings. The van der Waals surface area contributed by atoms with Crippen LogP contribution >= 0.6 is 11.3 Å². The summed E-state index contributed by atoms with van der Waals surface area (Å²) in [6, 6.07) is 1.78. The van der Waals surface area contributed by atoms with Crippen LogP contribution in [0.5, 0.6) is 0 Å². The van der Waals surface area contributed by atoms with Gasteiger partial charge in [-0.25, -0.2) is 0 Å². The summed E-state index contributed by atoms with van der Waals surface area (Å²) in [5, 5.41) is 28.6. The number of hydrogen-bond acceptors (Lipinski definition) is 6. The largest absolute Gasteiger partial charge is 0.480 e. The first-order valence-electron chi connectivity index (χ1n) is 5.33. The van der Waals surface area contributed by atoms with E-state index in [1.165, 1.54) is 12.1 Å². The third-order valence-corrected chi connectivity index (χ3v) is 3.54. The van der Waals surface area contributed by atoms with Crippen molar-refractivity contribution in [2.24, 2.45) is 0 Å². The first-order chi connectivity index (χ1) is 8.51. The molecule has 0 aliphatic heterocycles. The molecule has 1 aromatic heterocycles. The van der Waals surface area contributed by atoms with Crippen LogP contribution in [0.3, 0.4) is 0 Å². The highest BCUT2D eigenvalue weighted by molar-refractivity contribution is 7.15. The molecule has 1 aromatic rings. The molecule has 0 amide bonds. The van der Waals surface area contributed by atoms with E-state index >= 15 is 0 Å². The molecule has 1 heterocycles. The van der Waals surface area contributed by atoms with Crippen molar-refractivity contribution in [2.75, 3.05) is 19.7 Å².